The molecular formula is C12H8FN3. The summed E-state index contributed by atoms with van der Waals surface area (Å²) < 4.78 is 13.5. The smallest absolute Gasteiger partial charge is 0.149 e. The molecule has 78 valence electrons. The first kappa shape index (κ1) is 10.2. The van der Waals surface area contributed by atoms with Gasteiger partial charge in [-0.3, -0.25) is 4.98 Å². The summed E-state index contributed by atoms with van der Waals surface area (Å²) in [5, 5.41) is 8.69. The second-order valence-electron chi connectivity index (χ2n) is 3.33. The number of halogens is 1. The topological polar surface area (TPSA) is 49.6 Å². The minimum Gasteiger partial charge on any atom is -0.261 e. The van der Waals surface area contributed by atoms with E-state index in [2.05, 4.69) is 9.97 Å². The molecule has 2 heterocycles. The first-order valence-electron chi connectivity index (χ1n) is 4.70. The normalized spacial score (nSPS) is 9.81. The molecule has 0 fully saturated rings. The van der Waals surface area contributed by atoms with Crippen molar-refractivity contribution in [3.63, 3.8) is 0 Å². The number of nitriles is 1. The zero-order valence-corrected chi connectivity index (χ0v) is 8.61. The van der Waals surface area contributed by atoms with Crippen molar-refractivity contribution < 1.29 is 4.39 Å². The van der Waals surface area contributed by atoms with E-state index >= 15 is 0 Å². The quantitative estimate of drug-likeness (QED) is 0.731. The lowest BCUT2D eigenvalue weighted by atomic mass is 10.1. The average Bonchev–Trinajstić information content (AvgIpc) is 2.31. The van der Waals surface area contributed by atoms with Crippen molar-refractivity contribution in [3.05, 3.63) is 47.7 Å². The fourth-order valence-electron chi connectivity index (χ4n) is 1.31. The molecular weight excluding hydrogens is 205 g/mol. The molecule has 0 atom stereocenters. The molecule has 0 radical (unpaired) electrons. The van der Waals surface area contributed by atoms with Gasteiger partial charge in [-0.25, -0.2) is 9.37 Å². The van der Waals surface area contributed by atoms with E-state index in [0.717, 1.165) is 5.69 Å². The van der Waals surface area contributed by atoms with Crippen LogP contribution >= 0.6 is 0 Å². The van der Waals surface area contributed by atoms with E-state index in [4.69, 9.17) is 5.26 Å². The van der Waals surface area contributed by atoms with Gasteiger partial charge in [-0.15, -0.1) is 0 Å². The number of rotatable bonds is 1. The maximum Gasteiger partial charge on any atom is 0.149 e. The monoisotopic (exact) mass is 213 g/mol. The molecule has 2 aromatic rings. The van der Waals surface area contributed by atoms with E-state index in [0.29, 0.717) is 5.56 Å². The molecule has 0 aliphatic heterocycles. The Kier molecular flexibility index (Phi) is 2.61. The summed E-state index contributed by atoms with van der Waals surface area (Å²) in [5.74, 6) is -0.454. The molecule has 0 aliphatic rings. The Morgan fingerprint density at radius 2 is 2.06 bits per heavy atom. The summed E-state index contributed by atoms with van der Waals surface area (Å²) >= 11 is 0. The minimum absolute atomic E-state index is 0.159. The second-order valence-corrected chi connectivity index (χ2v) is 3.33. The van der Waals surface area contributed by atoms with E-state index in [-0.39, 0.29) is 11.4 Å². The van der Waals surface area contributed by atoms with Crippen LogP contribution in [-0.2, 0) is 0 Å². The molecule has 0 bridgehead atoms. The van der Waals surface area contributed by atoms with Gasteiger partial charge in [0, 0.05) is 17.5 Å². The molecule has 0 saturated carbocycles. The Bertz CT molecular complexity index is 555. The molecule has 0 saturated heterocycles. The molecule has 3 nitrogen and oxygen atoms in total. The van der Waals surface area contributed by atoms with Gasteiger partial charge in [0.1, 0.15) is 23.3 Å². The van der Waals surface area contributed by atoms with Gasteiger partial charge in [0.25, 0.3) is 0 Å². The SMILES string of the molecule is Cc1ccc(-c2nc(C#N)ccc2F)cn1. The van der Waals surface area contributed by atoms with Crippen molar-refractivity contribution in [3.8, 4) is 17.3 Å². The van der Waals surface area contributed by atoms with Crippen molar-refractivity contribution in [2.45, 2.75) is 6.92 Å². The minimum atomic E-state index is -0.454. The lowest BCUT2D eigenvalue weighted by molar-refractivity contribution is 0.625. The fraction of sp³-hybridized carbons (Fsp3) is 0.0833. The van der Waals surface area contributed by atoms with Crippen LogP contribution in [0.15, 0.2) is 30.5 Å². The van der Waals surface area contributed by atoms with Crippen LogP contribution < -0.4 is 0 Å². The molecule has 0 spiro atoms. The molecule has 2 aromatic heterocycles. The van der Waals surface area contributed by atoms with Gasteiger partial charge < -0.3 is 0 Å². The first-order chi connectivity index (χ1) is 7.70. The summed E-state index contributed by atoms with van der Waals surface area (Å²) in [5.41, 5.74) is 1.77. The van der Waals surface area contributed by atoms with Crippen LogP contribution in [0.1, 0.15) is 11.4 Å². The van der Waals surface area contributed by atoms with Crippen LogP contribution in [0.25, 0.3) is 11.3 Å². The third kappa shape index (κ3) is 1.89. The molecule has 2 rings (SSSR count). The van der Waals surface area contributed by atoms with Gasteiger partial charge in [0.2, 0.25) is 0 Å². The zero-order valence-electron chi connectivity index (χ0n) is 8.61. The highest BCUT2D eigenvalue weighted by Gasteiger charge is 2.08. The van der Waals surface area contributed by atoms with Crippen molar-refractivity contribution in [1.29, 1.82) is 5.26 Å². The van der Waals surface area contributed by atoms with Gasteiger partial charge in [0.15, 0.2) is 0 Å². The van der Waals surface area contributed by atoms with Crippen molar-refractivity contribution in [1.82, 2.24) is 9.97 Å². The summed E-state index contributed by atoms with van der Waals surface area (Å²) in [7, 11) is 0. The number of pyridine rings is 2. The summed E-state index contributed by atoms with van der Waals surface area (Å²) in [6.45, 7) is 1.85. The van der Waals surface area contributed by atoms with Gasteiger partial charge in [0.05, 0.1) is 0 Å². The lowest BCUT2D eigenvalue weighted by Crippen LogP contribution is -1.93. The standard InChI is InChI=1S/C12H8FN3/c1-8-2-3-9(7-15-8)12-11(13)5-4-10(6-14)16-12/h2-5,7H,1H3. The first-order valence-corrected chi connectivity index (χ1v) is 4.70. The van der Waals surface area contributed by atoms with Crippen LogP contribution in [-0.4, -0.2) is 9.97 Å². The maximum atomic E-state index is 13.5. The molecule has 0 amide bonds. The van der Waals surface area contributed by atoms with Crippen LogP contribution in [0.5, 0.6) is 0 Å². The summed E-state index contributed by atoms with van der Waals surface area (Å²) in [4.78, 5) is 7.98. The van der Waals surface area contributed by atoms with Crippen LogP contribution in [0.2, 0.25) is 0 Å². The molecule has 4 heteroatoms. The predicted molar refractivity (Wildman–Crippen MR) is 56.9 cm³/mol. The van der Waals surface area contributed by atoms with Gasteiger partial charge in [-0.05, 0) is 31.2 Å². The third-order valence-corrected chi connectivity index (χ3v) is 2.15. The Hall–Kier alpha value is -2.28. The number of hydrogen-bond donors (Lipinski definition) is 0. The summed E-state index contributed by atoms with van der Waals surface area (Å²) in [6, 6.07) is 7.97. The highest BCUT2D eigenvalue weighted by molar-refractivity contribution is 5.59. The zero-order chi connectivity index (χ0) is 11.5. The van der Waals surface area contributed by atoms with Gasteiger partial charge in [-0.2, -0.15) is 5.26 Å². The van der Waals surface area contributed by atoms with Gasteiger partial charge >= 0.3 is 0 Å². The number of aryl methyl sites for hydroxylation is 1. The Labute approximate surface area is 92.2 Å². The summed E-state index contributed by atoms with van der Waals surface area (Å²) in [6.07, 6.45) is 1.54. The van der Waals surface area contributed by atoms with E-state index in [1.54, 1.807) is 18.3 Å². The van der Waals surface area contributed by atoms with E-state index in [9.17, 15) is 4.39 Å². The van der Waals surface area contributed by atoms with E-state index < -0.39 is 5.82 Å². The fourth-order valence-corrected chi connectivity index (χ4v) is 1.31. The maximum absolute atomic E-state index is 13.5. The second kappa shape index (κ2) is 4.07. The Balaban J connectivity index is 2.55. The Morgan fingerprint density at radius 3 is 2.69 bits per heavy atom. The molecule has 0 aromatic carbocycles. The van der Waals surface area contributed by atoms with Crippen molar-refractivity contribution in [2.24, 2.45) is 0 Å². The third-order valence-electron chi connectivity index (χ3n) is 2.15. The van der Waals surface area contributed by atoms with Crippen LogP contribution in [0.4, 0.5) is 4.39 Å². The van der Waals surface area contributed by atoms with E-state index in [1.165, 1.54) is 12.1 Å². The molecule has 0 N–H and O–H groups in total. The van der Waals surface area contributed by atoms with Gasteiger partial charge in [-0.1, -0.05) is 0 Å². The highest BCUT2D eigenvalue weighted by Crippen LogP contribution is 2.19. The lowest BCUT2D eigenvalue weighted by Gasteiger charge is -2.02. The van der Waals surface area contributed by atoms with E-state index in [1.807, 2.05) is 13.0 Å². The van der Waals surface area contributed by atoms with Crippen LogP contribution in [0, 0.1) is 24.1 Å². The van der Waals surface area contributed by atoms with Crippen molar-refractivity contribution in [2.75, 3.05) is 0 Å². The Morgan fingerprint density at radius 1 is 1.25 bits per heavy atom. The molecule has 0 aliphatic carbocycles. The number of aromatic nitrogens is 2. The van der Waals surface area contributed by atoms with Crippen LogP contribution in [0.3, 0.4) is 0 Å². The molecule has 16 heavy (non-hydrogen) atoms. The number of hydrogen-bond acceptors (Lipinski definition) is 3. The van der Waals surface area contributed by atoms with Crippen molar-refractivity contribution >= 4 is 0 Å². The molecule has 0 unspecified atom stereocenters. The number of nitrogens with zero attached hydrogens (tertiary/aromatic N) is 3. The average molecular weight is 213 g/mol. The largest absolute Gasteiger partial charge is 0.261 e. The predicted octanol–water partition coefficient (Wildman–Crippen LogP) is 2.46. The highest BCUT2D eigenvalue weighted by atomic mass is 19.1.